The second-order valence-corrected chi connectivity index (χ2v) is 7.16. The Bertz CT molecular complexity index is 481. The molecule has 1 aromatic heterocycles. The standard InChI is InChI=1S/C17H28N4O2/c1-17(2,3)23-16(22)21-11-15(14-6-4-5-7-14)20-10-13-8-18-12-19-9-13/h8-9,12,14-15,20H,4-7,10-11H2,1-3H3,(H,21,22). The van der Waals surface area contributed by atoms with Crippen LogP contribution in [0, 0.1) is 5.92 Å². The molecule has 6 heteroatoms. The molecule has 0 aromatic carbocycles. The molecule has 1 aliphatic carbocycles. The number of rotatable bonds is 6. The van der Waals surface area contributed by atoms with Crippen molar-refractivity contribution in [1.29, 1.82) is 0 Å². The molecule has 23 heavy (non-hydrogen) atoms. The first-order valence-corrected chi connectivity index (χ1v) is 8.38. The van der Waals surface area contributed by atoms with Crippen molar-refractivity contribution >= 4 is 6.09 Å². The molecule has 0 spiro atoms. The van der Waals surface area contributed by atoms with E-state index in [9.17, 15) is 4.79 Å². The number of nitrogens with zero attached hydrogens (tertiary/aromatic N) is 2. The minimum absolute atomic E-state index is 0.241. The zero-order valence-corrected chi connectivity index (χ0v) is 14.3. The van der Waals surface area contributed by atoms with Gasteiger partial charge in [-0.3, -0.25) is 0 Å². The van der Waals surface area contributed by atoms with Crippen LogP contribution in [0.15, 0.2) is 18.7 Å². The van der Waals surface area contributed by atoms with E-state index < -0.39 is 5.60 Å². The summed E-state index contributed by atoms with van der Waals surface area (Å²) in [5.41, 5.74) is 0.578. The summed E-state index contributed by atoms with van der Waals surface area (Å²) in [5, 5.41) is 6.44. The van der Waals surface area contributed by atoms with Crippen molar-refractivity contribution in [3.63, 3.8) is 0 Å². The van der Waals surface area contributed by atoms with Crippen LogP contribution in [-0.2, 0) is 11.3 Å². The monoisotopic (exact) mass is 320 g/mol. The molecule has 0 radical (unpaired) electrons. The van der Waals surface area contributed by atoms with Crippen LogP contribution < -0.4 is 10.6 Å². The number of hydrogen-bond acceptors (Lipinski definition) is 5. The van der Waals surface area contributed by atoms with Crippen LogP contribution in [0.5, 0.6) is 0 Å². The molecule has 0 bridgehead atoms. The number of alkyl carbamates (subject to hydrolysis) is 1. The third-order valence-corrected chi connectivity index (χ3v) is 4.02. The van der Waals surface area contributed by atoms with Crippen LogP contribution in [0.2, 0.25) is 0 Å². The van der Waals surface area contributed by atoms with Gasteiger partial charge in [-0.15, -0.1) is 0 Å². The maximum absolute atomic E-state index is 11.9. The summed E-state index contributed by atoms with van der Waals surface area (Å²) in [6, 6.07) is 0.241. The van der Waals surface area contributed by atoms with Crippen molar-refractivity contribution in [2.24, 2.45) is 5.92 Å². The average molecular weight is 320 g/mol. The van der Waals surface area contributed by atoms with E-state index in [1.54, 1.807) is 0 Å². The van der Waals surface area contributed by atoms with E-state index in [4.69, 9.17) is 4.74 Å². The molecule has 1 fully saturated rings. The molecule has 1 aliphatic rings. The van der Waals surface area contributed by atoms with Gasteiger partial charge in [0, 0.05) is 37.1 Å². The van der Waals surface area contributed by atoms with Crippen molar-refractivity contribution in [2.45, 2.75) is 64.6 Å². The first-order valence-electron chi connectivity index (χ1n) is 8.38. The van der Waals surface area contributed by atoms with Crippen LogP contribution in [0.25, 0.3) is 0 Å². The highest BCUT2D eigenvalue weighted by atomic mass is 16.6. The van der Waals surface area contributed by atoms with Crippen LogP contribution >= 0.6 is 0 Å². The summed E-state index contributed by atoms with van der Waals surface area (Å²) in [6.45, 7) is 6.89. The van der Waals surface area contributed by atoms with E-state index in [-0.39, 0.29) is 12.1 Å². The molecule has 1 unspecified atom stereocenters. The topological polar surface area (TPSA) is 76.1 Å². The Morgan fingerprint density at radius 2 is 1.96 bits per heavy atom. The molecule has 1 amide bonds. The first kappa shape index (κ1) is 17.7. The van der Waals surface area contributed by atoms with Gasteiger partial charge in [-0.25, -0.2) is 14.8 Å². The van der Waals surface area contributed by atoms with E-state index in [0.29, 0.717) is 19.0 Å². The number of carbonyl (C=O) groups excluding carboxylic acids is 1. The molecule has 0 saturated heterocycles. The highest BCUT2D eigenvalue weighted by Gasteiger charge is 2.26. The fourth-order valence-corrected chi connectivity index (χ4v) is 2.94. The summed E-state index contributed by atoms with van der Waals surface area (Å²) in [6.07, 6.45) is 9.75. The molecule has 6 nitrogen and oxygen atoms in total. The van der Waals surface area contributed by atoms with Crippen molar-refractivity contribution < 1.29 is 9.53 Å². The van der Waals surface area contributed by atoms with Gasteiger partial charge >= 0.3 is 6.09 Å². The molecule has 1 aromatic rings. The fraction of sp³-hybridized carbons (Fsp3) is 0.706. The Balaban J connectivity index is 1.85. The molecule has 2 rings (SSSR count). The van der Waals surface area contributed by atoms with Gasteiger partial charge in [0.25, 0.3) is 0 Å². The molecule has 1 heterocycles. The van der Waals surface area contributed by atoms with E-state index >= 15 is 0 Å². The zero-order chi connectivity index (χ0) is 16.7. The lowest BCUT2D eigenvalue weighted by atomic mass is 9.98. The van der Waals surface area contributed by atoms with E-state index in [1.165, 1.54) is 32.0 Å². The quantitative estimate of drug-likeness (QED) is 0.843. The Morgan fingerprint density at radius 1 is 1.30 bits per heavy atom. The van der Waals surface area contributed by atoms with Crippen molar-refractivity contribution in [3.8, 4) is 0 Å². The number of amides is 1. The van der Waals surface area contributed by atoms with Gasteiger partial charge in [-0.1, -0.05) is 12.8 Å². The number of aromatic nitrogens is 2. The van der Waals surface area contributed by atoms with Crippen LogP contribution in [-0.4, -0.2) is 34.2 Å². The van der Waals surface area contributed by atoms with Crippen LogP contribution in [0.4, 0.5) is 4.79 Å². The number of nitrogens with one attached hydrogen (secondary N) is 2. The summed E-state index contributed by atoms with van der Waals surface area (Å²) in [7, 11) is 0. The van der Waals surface area contributed by atoms with E-state index in [2.05, 4.69) is 20.6 Å². The average Bonchev–Trinajstić information content (AvgIpc) is 3.00. The molecule has 1 atom stereocenters. The van der Waals surface area contributed by atoms with Crippen LogP contribution in [0.1, 0.15) is 52.0 Å². The van der Waals surface area contributed by atoms with Crippen molar-refractivity contribution in [2.75, 3.05) is 6.54 Å². The first-order chi connectivity index (χ1) is 10.9. The van der Waals surface area contributed by atoms with Gasteiger partial charge in [0.15, 0.2) is 0 Å². The lowest BCUT2D eigenvalue weighted by molar-refractivity contribution is 0.0518. The third kappa shape index (κ3) is 6.52. The lowest BCUT2D eigenvalue weighted by Gasteiger charge is -2.26. The molecule has 0 aliphatic heterocycles. The largest absolute Gasteiger partial charge is 0.444 e. The van der Waals surface area contributed by atoms with Crippen molar-refractivity contribution in [1.82, 2.24) is 20.6 Å². The lowest BCUT2D eigenvalue weighted by Crippen LogP contribution is -2.45. The Hall–Kier alpha value is -1.69. The van der Waals surface area contributed by atoms with Crippen molar-refractivity contribution in [3.05, 3.63) is 24.3 Å². The highest BCUT2D eigenvalue weighted by molar-refractivity contribution is 5.67. The molecule has 1 saturated carbocycles. The van der Waals surface area contributed by atoms with Gasteiger partial charge in [0.2, 0.25) is 0 Å². The maximum Gasteiger partial charge on any atom is 0.407 e. The SMILES string of the molecule is CC(C)(C)OC(=O)NCC(NCc1cncnc1)C1CCCC1. The Kier molecular flexibility index (Phi) is 6.33. The zero-order valence-electron chi connectivity index (χ0n) is 14.3. The molecule has 128 valence electrons. The normalized spacial score (nSPS) is 17.0. The fourth-order valence-electron chi connectivity index (χ4n) is 2.94. The Morgan fingerprint density at radius 3 is 2.57 bits per heavy atom. The van der Waals surface area contributed by atoms with Gasteiger partial charge in [0.05, 0.1) is 0 Å². The van der Waals surface area contributed by atoms with E-state index in [0.717, 1.165) is 5.56 Å². The number of carbonyl (C=O) groups is 1. The van der Waals surface area contributed by atoms with Gasteiger partial charge in [-0.2, -0.15) is 0 Å². The summed E-state index contributed by atoms with van der Waals surface area (Å²) >= 11 is 0. The predicted molar refractivity (Wildman–Crippen MR) is 88.9 cm³/mol. The summed E-state index contributed by atoms with van der Waals surface area (Å²) in [5.74, 6) is 0.592. The van der Waals surface area contributed by atoms with E-state index in [1.807, 2.05) is 33.2 Å². The minimum Gasteiger partial charge on any atom is -0.444 e. The molecular formula is C17H28N4O2. The highest BCUT2D eigenvalue weighted by Crippen LogP contribution is 2.27. The number of ether oxygens (including phenoxy) is 1. The smallest absolute Gasteiger partial charge is 0.407 e. The summed E-state index contributed by atoms with van der Waals surface area (Å²) < 4.78 is 5.32. The van der Waals surface area contributed by atoms with Gasteiger partial charge in [-0.05, 0) is 39.5 Å². The minimum atomic E-state index is -0.470. The second-order valence-electron chi connectivity index (χ2n) is 7.16. The third-order valence-electron chi connectivity index (χ3n) is 4.02. The van der Waals surface area contributed by atoms with Gasteiger partial charge < -0.3 is 15.4 Å². The molecular weight excluding hydrogens is 292 g/mol. The second kappa shape index (κ2) is 8.24. The van der Waals surface area contributed by atoms with Gasteiger partial charge in [0.1, 0.15) is 11.9 Å². The Labute approximate surface area is 138 Å². The summed E-state index contributed by atoms with van der Waals surface area (Å²) in [4.78, 5) is 19.9. The van der Waals surface area contributed by atoms with Crippen LogP contribution in [0.3, 0.4) is 0 Å². The maximum atomic E-state index is 11.9. The number of hydrogen-bond donors (Lipinski definition) is 2. The predicted octanol–water partition coefficient (Wildman–Crippen LogP) is 2.65. The molecule has 2 N–H and O–H groups in total.